The number of amides is 1. The van der Waals surface area contributed by atoms with Gasteiger partial charge >= 0.3 is 5.97 Å². The molecule has 0 fully saturated rings. The van der Waals surface area contributed by atoms with Gasteiger partial charge in [0.25, 0.3) is 5.91 Å². The average molecular weight is 443 g/mol. The van der Waals surface area contributed by atoms with E-state index in [4.69, 9.17) is 16.3 Å². The van der Waals surface area contributed by atoms with Crippen LogP contribution in [0.1, 0.15) is 15.2 Å². The zero-order valence-electron chi connectivity index (χ0n) is 15.1. The van der Waals surface area contributed by atoms with Gasteiger partial charge < -0.3 is 10.1 Å². The second kappa shape index (κ2) is 8.73. The van der Waals surface area contributed by atoms with E-state index < -0.39 is 5.97 Å². The van der Waals surface area contributed by atoms with Gasteiger partial charge in [0.05, 0.1) is 32.5 Å². The van der Waals surface area contributed by atoms with Crippen LogP contribution in [0.3, 0.4) is 0 Å². The van der Waals surface area contributed by atoms with Crippen molar-refractivity contribution in [3.63, 3.8) is 0 Å². The molecule has 4 rings (SSSR count). The van der Waals surface area contributed by atoms with Crippen molar-refractivity contribution in [2.75, 3.05) is 6.61 Å². The maximum absolute atomic E-state index is 12.7. The number of rotatable bonds is 6. The van der Waals surface area contributed by atoms with E-state index in [-0.39, 0.29) is 12.5 Å². The number of esters is 1. The number of nitrogens with zero attached hydrogens (tertiary/aromatic N) is 1. The molecule has 0 aliphatic carbocycles. The second-order valence-electron chi connectivity index (χ2n) is 6.11. The Morgan fingerprint density at radius 3 is 2.72 bits per heavy atom. The second-order valence-corrected chi connectivity index (χ2v) is 8.86. The topological polar surface area (TPSA) is 68.3 Å². The fourth-order valence-electron chi connectivity index (χ4n) is 2.78. The molecule has 1 N–H and O–H groups in total. The average Bonchev–Trinajstić information content (AvgIpc) is 3.41. The molecule has 0 aliphatic rings. The Bertz CT molecular complexity index is 1170. The third-order valence-corrected chi connectivity index (χ3v) is 6.27. The van der Waals surface area contributed by atoms with E-state index in [1.807, 2.05) is 41.8 Å². The maximum Gasteiger partial charge on any atom is 0.339 e. The molecule has 4 aromatic rings. The fraction of sp³-hybridized carbons (Fsp3) is 0.0952. The van der Waals surface area contributed by atoms with E-state index in [2.05, 4.69) is 10.3 Å². The number of carbonyl (C=O) groups excluding carboxylic acids is 2. The molecule has 0 unspecified atom stereocenters. The molecule has 1 amide bonds. The van der Waals surface area contributed by atoms with Gasteiger partial charge in [-0.25, -0.2) is 9.78 Å². The number of benzene rings is 1. The highest BCUT2D eigenvalue weighted by atomic mass is 35.5. The van der Waals surface area contributed by atoms with Gasteiger partial charge in [0.15, 0.2) is 6.61 Å². The highest BCUT2D eigenvalue weighted by molar-refractivity contribution is 7.19. The Hall–Kier alpha value is -2.74. The molecule has 5 nitrogen and oxygen atoms in total. The highest BCUT2D eigenvalue weighted by Gasteiger charge is 2.17. The Balaban J connectivity index is 1.52. The number of ether oxygens (including phenoxy) is 1. The van der Waals surface area contributed by atoms with E-state index in [1.54, 1.807) is 29.5 Å². The molecule has 29 heavy (non-hydrogen) atoms. The van der Waals surface area contributed by atoms with Gasteiger partial charge in [-0.2, -0.15) is 0 Å². The molecule has 0 atom stereocenters. The summed E-state index contributed by atoms with van der Waals surface area (Å²) in [6.07, 6.45) is 0. The number of nitrogens with one attached hydrogen (secondary N) is 1. The Morgan fingerprint density at radius 1 is 1.10 bits per heavy atom. The molecule has 3 aromatic heterocycles. The lowest BCUT2D eigenvalue weighted by Crippen LogP contribution is -2.28. The Morgan fingerprint density at radius 2 is 1.97 bits per heavy atom. The monoisotopic (exact) mass is 442 g/mol. The summed E-state index contributed by atoms with van der Waals surface area (Å²) in [4.78, 5) is 31.3. The van der Waals surface area contributed by atoms with E-state index in [0.29, 0.717) is 33.0 Å². The minimum absolute atomic E-state index is 0.346. The molecule has 0 aliphatic heterocycles. The molecule has 0 radical (unpaired) electrons. The third-order valence-electron chi connectivity index (χ3n) is 4.14. The lowest BCUT2D eigenvalue weighted by atomic mass is 10.1. The first-order valence-electron chi connectivity index (χ1n) is 8.72. The summed E-state index contributed by atoms with van der Waals surface area (Å²) in [5.41, 5.74) is 1.67. The van der Waals surface area contributed by atoms with Crippen LogP contribution in [0.15, 0.2) is 60.0 Å². The zero-order valence-corrected chi connectivity index (χ0v) is 17.4. The van der Waals surface area contributed by atoms with Crippen molar-refractivity contribution < 1.29 is 14.3 Å². The van der Waals surface area contributed by atoms with Crippen LogP contribution < -0.4 is 5.32 Å². The number of carbonyl (C=O) groups is 2. The number of hydrogen-bond donors (Lipinski definition) is 1. The number of thiophene rings is 2. The Kier molecular flexibility index (Phi) is 5.89. The van der Waals surface area contributed by atoms with Gasteiger partial charge in [0.1, 0.15) is 0 Å². The summed E-state index contributed by atoms with van der Waals surface area (Å²) in [6, 6.07) is 16.5. The summed E-state index contributed by atoms with van der Waals surface area (Å²) in [5, 5.41) is 5.35. The highest BCUT2D eigenvalue weighted by Crippen LogP contribution is 2.32. The zero-order chi connectivity index (χ0) is 20.2. The summed E-state index contributed by atoms with van der Waals surface area (Å²) >= 11 is 8.97. The minimum Gasteiger partial charge on any atom is -0.452 e. The molecule has 0 saturated heterocycles. The van der Waals surface area contributed by atoms with Crippen molar-refractivity contribution in [1.82, 2.24) is 10.3 Å². The van der Waals surface area contributed by atoms with Crippen LogP contribution in [0.4, 0.5) is 0 Å². The molecule has 8 heteroatoms. The van der Waals surface area contributed by atoms with Crippen molar-refractivity contribution in [2.45, 2.75) is 6.54 Å². The molecular weight excluding hydrogens is 428 g/mol. The van der Waals surface area contributed by atoms with Crippen molar-refractivity contribution >= 4 is 57.1 Å². The van der Waals surface area contributed by atoms with Crippen molar-refractivity contribution in [3.8, 4) is 10.6 Å². The van der Waals surface area contributed by atoms with Gasteiger partial charge in [-0.15, -0.1) is 22.7 Å². The number of para-hydroxylation sites is 1. The van der Waals surface area contributed by atoms with Gasteiger partial charge in [-0.3, -0.25) is 4.79 Å². The van der Waals surface area contributed by atoms with Crippen LogP contribution in [-0.4, -0.2) is 23.5 Å². The molecule has 0 spiro atoms. The molecule has 0 bridgehead atoms. The lowest BCUT2D eigenvalue weighted by molar-refractivity contribution is -0.124. The van der Waals surface area contributed by atoms with Gasteiger partial charge in [-0.1, -0.05) is 35.9 Å². The van der Waals surface area contributed by atoms with Crippen molar-refractivity contribution in [3.05, 3.63) is 74.8 Å². The summed E-state index contributed by atoms with van der Waals surface area (Å²) in [5.74, 6) is -0.922. The number of halogens is 1. The summed E-state index contributed by atoms with van der Waals surface area (Å²) < 4.78 is 5.91. The maximum atomic E-state index is 12.7. The molecule has 3 heterocycles. The lowest BCUT2D eigenvalue weighted by Gasteiger charge is -2.09. The molecule has 146 valence electrons. The van der Waals surface area contributed by atoms with Crippen LogP contribution in [0.2, 0.25) is 4.34 Å². The van der Waals surface area contributed by atoms with E-state index in [1.165, 1.54) is 11.3 Å². The summed E-state index contributed by atoms with van der Waals surface area (Å²) in [6.45, 7) is 0.0660. The van der Waals surface area contributed by atoms with Gasteiger partial charge in [-0.05, 0) is 35.7 Å². The first kappa shape index (κ1) is 19.6. The van der Waals surface area contributed by atoms with E-state index in [0.717, 1.165) is 9.75 Å². The van der Waals surface area contributed by atoms with Crippen LogP contribution in [-0.2, 0) is 16.1 Å². The van der Waals surface area contributed by atoms with Crippen LogP contribution in [0, 0.1) is 0 Å². The predicted molar refractivity (Wildman–Crippen MR) is 117 cm³/mol. The van der Waals surface area contributed by atoms with E-state index >= 15 is 0 Å². The van der Waals surface area contributed by atoms with Gasteiger partial charge in [0.2, 0.25) is 0 Å². The minimum atomic E-state index is -0.571. The number of pyridine rings is 1. The van der Waals surface area contributed by atoms with Crippen LogP contribution in [0.25, 0.3) is 21.5 Å². The van der Waals surface area contributed by atoms with E-state index in [9.17, 15) is 9.59 Å². The van der Waals surface area contributed by atoms with Crippen LogP contribution in [0.5, 0.6) is 0 Å². The standard InChI is InChI=1S/C21H15ClN2O3S2/c22-19-8-7-18(29-19)17-10-15(14-5-1-2-6-16(14)24-17)21(26)27-12-20(25)23-11-13-4-3-9-28-13/h1-10H,11-12H2,(H,23,25). The number of fused-ring (bicyclic) bond motifs is 1. The first-order valence-corrected chi connectivity index (χ1v) is 10.8. The quantitative estimate of drug-likeness (QED) is 0.419. The number of aromatic nitrogens is 1. The van der Waals surface area contributed by atoms with Gasteiger partial charge in [0, 0.05) is 10.3 Å². The van der Waals surface area contributed by atoms with Crippen molar-refractivity contribution in [2.24, 2.45) is 0 Å². The largest absolute Gasteiger partial charge is 0.452 e. The van der Waals surface area contributed by atoms with Crippen LogP contribution >= 0.6 is 34.3 Å². The predicted octanol–water partition coefficient (Wildman–Crippen LogP) is 5.15. The molecule has 0 saturated carbocycles. The SMILES string of the molecule is O=C(COC(=O)c1cc(-c2ccc(Cl)s2)nc2ccccc12)NCc1cccs1. The molecule has 1 aromatic carbocycles. The van der Waals surface area contributed by atoms with Crippen molar-refractivity contribution in [1.29, 1.82) is 0 Å². The molecular formula is C21H15ClN2O3S2. The normalized spacial score (nSPS) is 10.8. The summed E-state index contributed by atoms with van der Waals surface area (Å²) in [7, 11) is 0. The Labute approximate surface area is 179 Å². The number of hydrogen-bond acceptors (Lipinski definition) is 6. The smallest absolute Gasteiger partial charge is 0.339 e. The first-order chi connectivity index (χ1) is 14.1. The third kappa shape index (κ3) is 4.64. The fourth-order valence-corrected chi connectivity index (χ4v) is 4.43.